The van der Waals surface area contributed by atoms with Crippen molar-refractivity contribution >= 4 is 11.0 Å². The second-order valence-corrected chi connectivity index (χ2v) is 4.87. The number of nitrogens with zero attached hydrogens (tertiary/aromatic N) is 2. The minimum absolute atomic E-state index is 0.769. The molecular weight excluding hydrogens is 244 g/mol. The Hall–Kier alpha value is -2.35. The molecule has 0 bridgehead atoms. The van der Waals surface area contributed by atoms with E-state index in [4.69, 9.17) is 4.98 Å². The second kappa shape index (κ2) is 5.33. The van der Waals surface area contributed by atoms with Crippen LogP contribution in [-0.2, 0) is 13.0 Å². The molecule has 2 nitrogen and oxygen atoms in total. The van der Waals surface area contributed by atoms with Gasteiger partial charge in [0.2, 0.25) is 0 Å². The first-order chi connectivity index (χ1) is 9.83. The van der Waals surface area contributed by atoms with Crippen LogP contribution in [0.1, 0.15) is 12.5 Å². The summed E-state index contributed by atoms with van der Waals surface area (Å²) in [7, 11) is 0. The lowest BCUT2D eigenvalue weighted by Crippen LogP contribution is -1.98. The average molecular weight is 262 g/mol. The number of hydrogen-bond acceptors (Lipinski definition) is 1. The zero-order valence-corrected chi connectivity index (χ0v) is 11.7. The smallest absolute Gasteiger partial charge is 0.141 e. The summed E-state index contributed by atoms with van der Waals surface area (Å²) in [5, 5.41) is 0. The van der Waals surface area contributed by atoms with Crippen molar-refractivity contribution in [2.24, 2.45) is 0 Å². The molecule has 0 aliphatic heterocycles. The zero-order valence-electron chi connectivity index (χ0n) is 11.7. The number of allylic oxidation sites excluding steroid dienone is 1. The Morgan fingerprint density at radius 1 is 1.10 bits per heavy atom. The first kappa shape index (κ1) is 12.7. The van der Waals surface area contributed by atoms with Crippen LogP contribution in [0, 0.1) is 0 Å². The number of imidazole rings is 1. The summed E-state index contributed by atoms with van der Waals surface area (Å²) in [6.07, 6.45) is 2.97. The number of rotatable bonds is 4. The lowest BCUT2D eigenvalue weighted by Gasteiger charge is -2.07. The van der Waals surface area contributed by atoms with E-state index in [1.165, 1.54) is 5.56 Å². The Morgan fingerprint density at radius 3 is 2.55 bits per heavy atom. The summed E-state index contributed by atoms with van der Waals surface area (Å²) in [5.41, 5.74) is 4.69. The molecule has 0 spiro atoms. The molecule has 0 aliphatic rings. The number of benzene rings is 2. The van der Waals surface area contributed by atoms with Crippen LogP contribution < -0.4 is 0 Å². The maximum absolute atomic E-state index is 4.77. The largest absolute Gasteiger partial charge is 0.320 e. The zero-order chi connectivity index (χ0) is 13.9. The van der Waals surface area contributed by atoms with Crippen molar-refractivity contribution in [1.82, 2.24) is 9.55 Å². The number of para-hydroxylation sites is 2. The molecule has 0 amide bonds. The van der Waals surface area contributed by atoms with Gasteiger partial charge in [-0.25, -0.2) is 4.98 Å². The van der Waals surface area contributed by atoms with Gasteiger partial charge in [-0.05, 0) is 24.1 Å². The summed E-state index contributed by atoms with van der Waals surface area (Å²) in [6.45, 7) is 6.79. The average Bonchev–Trinajstić information content (AvgIpc) is 2.87. The standard InChI is InChI=1S/C18H18N2/c1-3-13-20-17-8-6-5-7-16(17)19-18(20)15-11-9-14(4-2)10-12-15/h3,5-12H,1,4,13H2,2H3. The van der Waals surface area contributed by atoms with Crippen molar-refractivity contribution < 1.29 is 0 Å². The summed E-state index contributed by atoms with van der Waals surface area (Å²) >= 11 is 0. The van der Waals surface area contributed by atoms with E-state index >= 15 is 0 Å². The summed E-state index contributed by atoms with van der Waals surface area (Å²) in [5.74, 6) is 1.01. The van der Waals surface area contributed by atoms with Gasteiger partial charge in [-0.1, -0.05) is 49.4 Å². The van der Waals surface area contributed by atoms with E-state index < -0.39 is 0 Å². The van der Waals surface area contributed by atoms with Crippen LogP contribution in [0.5, 0.6) is 0 Å². The third-order valence-corrected chi connectivity index (χ3v) is 3.59. The lowest BCUT2D eigenvalue weighted by molar-refractivity contribution is 0.862. The fourth-order valence-corrected chi connectivity index (χ4v) is 2.50. The molecule has 3 aromatic rings. The van der Waals surface area contributed by atoms with Crippen LogP contribution in [0.15, 0.2) is 61.2 Å². The van der Waals surface area contributed by atoms with Gasteiger partial charge in [-0.2, -0.15) is 0 Å². The molecule has 0 radical (unpaired) electrons. The maximum Gasteiger partial charge on any atom is 0.141 e. The quantitative estimate of drug-likeness (QED) is 0.635. The van der Waals surface area contributed by atoms with Gasteiger partial charge in [0.15, 0.2) is 0 Å². The predicted molar refractivity (Wildman–Crippen MR) is 84.7 cm³/mol. The van der Waals surface area contributed by atoms with E-state index in [1.54, 1.807) is 0 Å². The molecule has 0 unspecified atom stereocenters. The van der Waals surface area contributed by atoms with Gasteiger partial charge in [-0.15, -0.1) is 6.58 Å². The van der Waals surface area contributed by atoms with Crippen LogP contribution >= 0.6 is 0 Å². The molecule has 20 heavy (non-hydrogen) atoms. The molecule has 0 fully saturated rings. The highest BCUT2D eigenvalue weighted by Gasteiger charge is 2.10. The summed E-state index contributed by atoms with van der Waals surface area (Å²) in [4.78, 5) is 4.77. The third kappa shape index (κ3) is 2.14. The van der Waals surface area contributed by atoms with Crippen LogP contribution in [-0.4, -0.2) is 9.55 Å². The molecule has 0 atom stereocenters. The molecule has 1 aromatic heterocycles. The molecule has 0 saturated heterocycles. The predicted octanol–water partition coefficient (Wildman–Crippen LogP) is 4.45. The molecule has 2 heteroatoms. The van der Waals surface area contributed by atoms with E-state index in [0.717, 1.165) is 35.4 Å². The SMILES string of the molecule is C=CCn1c(-c2ccc(CC)cc2)nc2ccccc21. The number of aromatic nitrogens is 2. The van der Waals surface area contributed by atoms with E-state index in [2.05, 4.69) is 54.5 Å². The Balaban J connectivity index is 2.18. The number of aryl methyl sites for hydroxylation is 1. The third-order valence-electron chi connectivity index (χ3n) is 3.59. The second-order valence-electron chi connectivity index (χ2n) is 4.87. The topological polar surface area (TPSA) is 17.8 Å². The van der Waals surface area contributed by atoms with Crippen molar-refractivity contribution in [3.05, 3.63) is 66.7 Å². The summed E-state index contributed by atoms with van der Waals surface area (Å²) < 4.78 is 2.21. The van der Waals surface area contributed by atoms with Crippen molar-refractivity contribution in [1.29, 1.82) is 0 Å². The highest BCUT2D eigenvalue weighted by molar-refractivity contribution is 5.80. The van der Waals surface area contributed by atoms with Gasteiger partial charge in [0.25, 0.3) is 0 Å². The van der Waals surface area contributed by atoms with E-state index in [9.17, 15) is 0 Å². The highest BCUT2D eigenvalue weighted by atomic mass is 15.1. The van der Waals surface area contributed by atoms with Crippen LogP contribution in [0.4, 0.5) is 0 Å². The minimum atomic E-state index is 0.769. The van der Waals surface area contributed by atoms with Gasteiger partial charge >= 0.3 is 0 Å². The van der Waals surface area contributed by atoms with Crippen LogP contribution in [0.3, 0.4) is 0 Å². The first-order valence-corrected chi connectivity index (χ1v) is 6.99. The van der Waals surface area contributed by atoms with Crippen molar-refractivity contribution in [2.75, 3.05) is 0 Å². The molecule has 100 valence electrons. The fraction of sp³-hybridized carbons (Fsp3) is 0.167. The molecule has 3 rings (SSSR count). The van der Waals surface area contributed by atoms with Gasteiger partial charge in [-0.3, -0.25) is 0 Å². The van der Waals surface area contributed by atoms with Crippen LogP contribution in [0.2, 0.25) is 0 Å². The molecule has 0 N–H and O–H groups in total. The van der Waals surface area contributed by atoms with E-state index in [0.29, 0.717) is 0 Å². The normalized spacial score (nSPS) is 10.8. The van der Waals surface area contributed by atoms with Crippen molar-refractivity contribution in [3.63, 3.8) is 0 Å². The van der Waals surface area contributed by atoms with E-state index in [-0.39, 0.29) is 0 Å². The minimum Gasteiger partial charge on any atom is -0.320 e. The molecular formula is C18H18N2. The monoisotopic (exact) mass is 262 g/mol. The lowest BCUT2D eigenvalue weighted by atomic mass is 10.1. The van der Waals surface area contributed by atoms with Crippen molar-refractivity contribution in [2.45, 2.75) is 19.9 Å². The number of hydrogen-bond donors (Lipinski definition) is 0. The molecule has 1 heterocycles. The summed E-state index contributed by atoms with van der Waals surface area (Å²) in [6, 6.07) is 16.9. The Labute approximate surface area is 119 Å². The first-order valence-electron chi connectivity index (χ1n) is 6.99. The molecule has 0 saturated carbocycles. The fourth-order valence-electron chi connectivity index (χ4n) is 2.50. The van der Waals surface area contributed by atoms with Gasteiger partial charge in [0, 0.05) is 12.1 Å². The maximum atomic E-state index is 4.77. The van der Waals surface area contributed by atoms with Crippen molar-refractivity contribution in [3.8, 4) is 11.4 Å². The highest BCUT2D eigenvalue weighted by Crippen LogP contribution is 2.25. The van der Waals surface area contributed by atoms with Gasteiger partial charge in [0.1, 0.15) is 5.82 Å². The van der Waals surface area contributed by atoms with Crippen LogP contribution in [0.25, 0.3) is 22.4 Å². The molecule has 0 aliphatic carbocycles. The molecule has 2 aromatic carbocycles. The van der Waals surface area contributed by atoms with Gasteiger partial charge in [0.05, 0.1) is 11.0 Å². The Kier molecular flexibility index (Phi) is 3.38. The van der Waals surface area contributed by atoms with Gasteiger partial charge < -0.3 is 4.57 Å². The van der Waals surface area contributed by atoms with E-state index in [1.807, 2.05) is 18.2 Å². The Bertz CT molecular complexity index is 736. The number of fused-ring (bicyclic) bond motifs is 1. The Morgan fingerprint density at radius 2 is 1.85 bits per heavy atom.